The number of hydrogen-bond donors (Lipinski definition) is 2. The summed E-state index contributed by atoms with van der Waals surface area (Å²) in [7, 11) is 0. The molecule has 0 spiro atoms. The van der Waals surface area contributed by atoms with Gasteiger partial charge in [-0.25, -0.2) is 0 Å². The minimum absolute atomic E-state index is 0.494. The maximum atomic E-state index is 5.47. The predicted molar refractivity (Wildman–Crippen MR) is 125 cm³/mol. The minimum Gasteiger partial charge on any atom is -0.467 e. The van der Waals surface area contributed by atoms with Crippen LogP contribution in [-0.4, -0.2) is 41.3 Å². The molecule has 0 aromatic carbocycles. The lowest BCUT2D eigenvalue weighted by molar-refractivity contribution is 0.441. The van der Waals surface area contributed by atoms with Crippen molar-refractivity contribution in [1.82, 2.24) is 15.3 Å². The lowest BCUT2D eigenvalue weighted by atomic mass is 10.00. The molecule has 2 aliphatic rings. The summed E-state index contributed by atoms with van der Waals surface area (Å²) in [5, 5.41) is 6.85. The van der Waals surface area contributed by atoms with Crippen LogP contribution in [0.5, 0.6) is 0 Å². The van der Waals surface area contributed by atoms with Gasteiger partial charge in [-0.1, -0.05) is 13.8 Å². The first-order chi connectivity index (χ1) is 14.6. The van der Waals surface area contributed by atoms with Crippen molar-refractivity contribution >= 4 is 34.9 Å². The summed E-state index contributed by atoms with van der Waals surface area (Å²) >= 11 is 5.47. The normalized spacial score (nSPS) is 22.1. The van der Waals surface area contributed by atoms with Gasteiger partial charge in [-0.15, -0.1) is 0 Å². The van der Waals surface area contributed by atoms with Crippen LogP contribution in [0.3, 0.4) is 0 Å². The van der Waals surface area contributed by atoms with Crippen LogP contribution in [0.1, 0.15) is 45.3 Å². The van der Waals surface area contributed by atoms with E-state index in [1.807, 2.05) is 12.1 Å². The average molecular weight is 429 g/mol. The molecule has 0 amide bonds. The van der Waals surface area contributed by atoms with Gasteiger partial charge in [0.1, 0.15) is 17.4 Å². The van der Waals surface area contributed by atoms with Gasteiger partial charge >= 0.3 is 0 Å². The average Bonchev–Trinajstić information content (AvgIpc) is 3.26. The number of hydrogen-bond acceptors (Lipinski definition) is 6. The van der Waals surface area contributed by atoms with Crippen LogP contribution < -0.4 is 20.4 Å². The van der Waals surface area contributed by atoms with Crippen LogP contribution >= 0.6 is 12.2 Å². The molecule has 4 rings (SSSR count). The molecule has 2 saturated heterocycles. The zero-order valence-corrected chi connectivity index (χ0v) is 18.7. The lowest BCUT2D eigenvalue weighted by Gasteiger charge is -2.35. The Labute approximate surface area is 184 Å². The van der Waals surface area contributed by atoms with E-state index in [4.69, 9.17) is 26.6 Å². The van der Waals surface area contributed by atoms with Crippen molar-refractivity contribution in [3.63, 3.8) is 0 Å². The first-order valence-electron chi connectivity index (χ1n) is 11.0. The zero-order chi connectivity index (χ0) is 20.9. The van der Waals surface area contributed by atoms with Crippen LogP contribution in [0, 0.1) is 11.8 Å². The van der Waals surface area contributed by atoms with Crippen molar-refractivity contribution in [2.75, 3.05) is 41.3 Å². The fourth-order valence-electron chi connectivity index (χ4n) is 4.32. The Balaban J connectivity index is 1.52. The largest absolute Gasteiger partial charge is 0.467 e. The molecule has 0 radical (unpaired) electrons. The number of thiocarbonyl (C=S) groups is 1. The standard InChI is InChI=1S/C22H32N6OS/c1-16-6-3-9-27(14-16)19-12-20(28-10-4-7-17(2)15-28)25-21(24-19)26-22(30)23-13-18-8-5-11-29-18/h5,8,11-12,16-17H,3-4,6-7,9-10,13-15H2,1-2H3,(H2,23,24,25,26,30)/t16-,17-/m0/s1. The Bertz CT molecular complexity index is 802. The number of piperidine rings is 2. The molecule has 8 heteroatoms. The van der Waals surface area contributed by atoms with Gasteiger partial charge < -0.3 is 24.9 Å². The fraction of sp³-hybridized carbons (Fsp3) is 0.591. The number of furan rings is 1. The van der Waals surface area contributed by atoms with Gasteiger partial charge in [0.2, 0.25) is 5.95 Å². The van der Waals surface area contributed by atoms with Crippen LogP contribution in [-0.2, 0) is 6.54 Å². The quantitative estimate of drug-likeness (QED) is 0.692. The fourth-order valence-corrected chi connectivity index (χ4v) is 4.49. The van der Waals surface area contributed by atoms with Gasteiger partial charge in [0.25, 0.3) is 0 Å². The molecular formula is C22H32N6OS. The molecule has 2 aromatic heterocycles. The van der Waals surface area contributed by atoms with Crippen molar-refractivity contribution in [3.05, 3.63) is 30.2 Å². The van der Waals surface area contributed by atoms with Crippen molar-refractivity contribution in [1.29, 1.82) is 0 Å². The van der Waals surface area contributed by atoms with Crippen LogP contribution in [0.25, 0.3) is 0 Å². The van der Waals surface area contributed by atoms with E-state index in [2.05, 4.69) is 40.3 Å². The maximum absolute atomic E-state index is 5.47. The molecule has 4 heterocycles. The van der Waals surface area contributed by atoms with Crippen LogP contribution in [0.2, 0.25) is 0 Å². The summed E-state index contributed by atoms with van der Waals surface area (Å²) < 4.78 is 5.36. The molecule has 2 aliphatic heterocycles. The number of nitrogens with zero attached hydrogens (tertiary/aromatic N) is 4. The number of rotatable bonds is 5. The van der Waals surface area contributed by atoms with E-state index in [0.29, 0.717) is 29.4 Å². The van der Waals surface area contributed by atoms with E-state index in [-0.39, 0.29) is 0 Å². The smallest absolute Gasteiger partial charge is 0.232 e. The first-order valence-corrected chi connectivity index (χ1v) is 11.4. The molecule has 2 aromatic rings. The van der Waals surface area contributed by atoms with Gasteiger partial charge in [0.05, 0.1) is 12.8 Å². The first kappa shape index (κ1) is 20.9. The van der Waals surface area contributed by atoms with Gasteiger partial charge in [0, 0.05) is 32.2 Å². The van der Waals surface area contributed by atoms with Crippen molar-refractivity contribution in [3.8, 4) is 0 Å². The molecular weight excluding hydrogens is 396 g/mol. The van der Waals surface area contributed by atoms with Gasteiger partial charge in [-0.05, 0) is 61.9 Å². The minimum atomic E-state index is 0.494. The molecule has 30 heavy (non-hydrogen) atoms. The van der Waals surface area contributed by atoms with E-state index >= 15 is 0 Å². The third kappa shape index (κ3) is 5.41. The highest BCUT2D eigenvalue weighted by Gasteiger charge is 2.23. The van der Waals surface area contributed by atoms with Crippen molar-refractivity contribution in [2.45, 2.75) is 46.1 Å². The highest BCUT2D eigenvalue weighted by Crippen LogP contribution is 2.28. The van der Waals surface area contributed by atoms with Gasteiger partial charge in [-0.3, -0.25) is 0 Å². The van der Waals surface area contributed by atoms with E-state index < -0.39 is 0 Å². The third-order valence-electron chi connectivity index (χ3n) is 5.89. The molecule has 2 fully saturated rings. The number of anilines is 3. The lowest BCUT2D eigenvalue weighted by Crippen LogP contribution is -2.37. The second-order valence-electron chi connectivity index (χ2n) is 8.68. The Morgan fingerprint density at radius 1 is 1.10 bits per heavy atom. The molecule has 2 N–H and O–H groups in total. The number of aromatic nitrogens is 2. The highest BCUT2D eigenvalue weighted by molar-refractivity contribution is 7.80. The van der Waals surface area contributed by atoms with Gasteiger partial charge in [0.15, 0.2) is 5.11 Å². The summed E-state index contributed by atoms with van der Waals surface area (Å²) in [4.78, 5) is 14.4. The Kier molecular flexibility index (Phi) is 6.72. The maximum Gasteiger partial charge on any atom is 0.232 e. The van der Waals surface area contributed by atoms with E-state index in [1.165, 1.54) is 25.7 Å². The van der Waals surface area contributed by atoms with E-state index in [0.717, 1.165) is 43.6 Å². The van der Waals surface area contributed by atoms with Crippen molar-refractivity contribution < 1.29 is 4.42 Å². The molecule has 0 aliphatic carbocycles. The second kappa shape index (κ2) is 9.64. The van der Waals surface area contributed by atoms with E-state index in [9.17, 15) is 0 Å². The topological polar surface area (TPSA) is 69.5 Å². The van der Waals surface area contributed by atoms with Crippen LogP contribution in [0.4, 0.5) is 17.6 Å². The summed E-state index contributed by atoms with van der Waals surface area (Å²) in [6.07, 6.45) is 6.62. The van der Waals surface area contributed by atoms with Crippen LogP contribution in [0.15, 0.2) is 28.9 Å². The highest BCUT2D eigenvalue weighted by atomic mass is 32.1. The zero-order valence-electron chi connectivity index (χ0n) is 17.9. The summed E-state index contributed by atoms with van der Waals surface area (Å²) in [6.45, 7) is 9.30. The van der Waals surface area contributed by atoms with Crippen molar-refractivity contribution in [2.24, 2.45) is 11.8 Å². The molecule has 2 atom stereocenters. The molecule has 7 nitrogen and oxygen atoms in total. The van der Waals surface area contributed by atoms with E-state index in [1.54, 1.807) is 6.26 Å². The Morgan fingerprint density at radius 2 is 1.73 bits per heavy atom. The predicted octanol–water partition coefficient (Wildman–Crippen LogP) is 4.03. The third-order valence-corrected chi connectivity index (χ3v) is 6.14. The summed E-state index contributed by atoms with van der Waals surface area (Å²) in [5.41, 5.74) is 0. The SMILES string of the molecule is C[C@H]1CCCN(c2cc(N3CCC[C@H](C)C3)nc(NC(=S)NCc3ccco3)n2)C1. The monoisotopic (exact) mass is 428 g/mol. The molecule has 162 valence electrons. The number of nitrogens with one attached hydrogen (secondary N) is 2. The second-order valence-corrected chi connectivity index (χ2v) is 9.09. The Hall–Kier alpha value is -2.35. The summed E-state index contributed by atoms with van der Waals surface area (Å²) in [6, 6.07) is 5.94. The van der Waals surface area contributed by atoms with Gasteiger partial charge in [-0.2, -0.15) is 9.97 Å². The summed E-state index contributed by atoms with van der Waals surface area (Å²) in [5.74, 6) is 4.72. The molecule has 0 unspecified atom stereocenters. The Morgan fingerprint density at radius 3 is 2.27 bits per heavy atom. The molecule has 0 bridgehead atoms. The molecule has 0 saturated carbocycles.